The van der Waals surface area contributed by atoms with Crippen LogP contribution in [0.2, 0.25) is 0 Å². The highest BCUT2D eigenvalue weighted by Crippen LogP contribution is 2.33. The predicted molar refractivity (Wildman–Crippen MR) is 109 cm³/mol. The molecular weight excluding hydrogens is 398 g/mol. The van der Waals surface area contributed by atoms with E-state index in [0.29, 0.717) is 41.0 Å². The normalized spacial score (nSPS) is 16.6. The summed E-state index contributed by atoms with van der Waals surface area (Å²) in [7, 11) is 0. The maximum absolute atomic E-state index is 13.8. The molecular formula is C20H20F2N4O2S. The highest BCUT2D eigenvalue weighted by atomic mass is 32.2. The van der Waals surface area contributed by atoms with Crippen LogP contribution in [0.3, 0.4) is 0 Å². The Morgan fingerprint density at radius 2 is 2.10 bits per heavy atom. The van der Waals surface area contributed by atoms with Gasteiger partial charge in [0.2, 0.25) is 5.92 Å². The standard InChI is InChI=1S/C20H20F2N4O2S/c1-29-18-9-13(3-6-23-18)25-19(27)14-10-15-17(28-12-24-15)11-16(14)26-7-2-4-20(21,22)5-8-26/h3,6,9-12H,2,4-5,7-8H2,1H3,(H,23,25,27). The number of oxazole rings is 1. The lowest BCUT2D eigenvalue weighted by Gasteiger charge is -2.25. The SMILES string of the molecule is CSc1cc(NC(=O)c2cc3ncoc3cc2N2CCCC(F)(F)CC2)ccn1. The van der Waals surface area contributed by atoms with Crippen molar-refractivity contribution < 1.29 is 18.0 Å². The summed E-state index contributed by atoms with van der Waals surface area (Å²) in [6, 6.07) is 6.84. The number of anilines is 2. The van der Waals surface area contributed by atoms with Crippen molar-refractivity contribution >= 4 is 40.1 Å². The molecule has 29 heavy (non-hydrogen) atoms. The Hall–Kier alpha value is -2.68. The fourth-order valence-electron chi connectivity index (χ4n) is 3.44. The lowest BCUT2D eigenvalue weighted by atomic mass is 10.1. The van der Waals surface area contributed by atoms with E-state index < -0.39 is 5.92 Å². The molecule has 4 rings (SSSR count). The Morgan fingerprint density at radius 3 is 2.93 bits per heavy atom. The molecule has 1 amide bonds. The number of nitrogens with one attached hydrogen (secondary N) is 1. The number of fused-ring (bicyclic) bond motifs is 1. The second-order valence-corrected chi connectivity index (χ2v) is 7.75. The van der Waals surface area contributed by atoms with Crippen molar-refractivity contribution in [1.82, 2.24) is 9.97 Å². The first-order chi connectivity index (χ1) is 13.9. The zero-order valence-electron chi connectivity index (χ0n) is 15.8. The van der Waals surface area contributed by atoms with Gasteiger partial charge in [-0.2, -0.15) is 0 Å². The quantitative estimate of drug-likeness (QED) is 0.613. The highest BCUT2D eigenvalue weighted by molar-refractivity contribution is 7.98. The number of carbonyl (C=O) groups excluding carboxylic acids is 1. The number of rotatable bonds is 4. The number of benzene rings is 1. The van der Waals surface area contributed by atoms with Crippen LogP contribution in [0.5, 0.6) is 0 Å². The second-order valence-electron chi connectivity index (χ2n) is 6.93. The molecule has 6 nitrogen and oxygen atoms in total. The molecule has 152 valence electrons. The van der Waals surface area contributed by atoms with Crippen molar-refractivity contribution in [2.75, 3.05) is 29.6 Å². The second kappa shape index (κ2) is 7.98. The van der Waals surface area contributed by atoms with E-state index in [2.05, 4.69) is 15.3 Å². The van der Waals surface area contributed by atoms with Gasteiger partial charge in [0.15, 0.2) is 12.0 Å². The summed E-state index contributed by atoms with van der Waals surface area (Å²) in [5.41, 5.74) is 2.62. The Kier molecular flexibility index (Phi) is 5.40. The van der Waals surface area contributed by atoms with Crippen molar-refractivity contribution in [2.24, 2.45) is 0 Å². The molecule has 1 N–H and O–H groups in total. The zero-order chi connectivity index (χ0) is 20.4. The Morgan fingerprint density at radius 1 is 1.24 bits per heavy atom. The average molecular weight is 418 g/mol. The summed E-state index contributed by atoms with van der Waals surface area (Å²) < 4.78 is 33.0. The molecule has 0 unspecified atom stereocenters. The number of halogens is 2. The van der Waals surface area contributed by atoms with Crippen LogP contribution in [0.25, 0.3) is 11.1 Å². The number of hydrogen-bond donors (Lipinski definition) is 1. The minimum atomic E-state index is -2.68. The average Bonchev–Trinajstić information content (AvgIpc) is 3.09. The van der Waals surface area contributed by atoms with Crippen LogP contribution in [-0.2, 0) is 0 Å². The van der Waals surface area contributed by atoms with Crippen molar-refractivity contribution in [3.8, 4) is 0 Å². The van der Waals surface area contributed by atoms with E-state index in [0.717, 1.165) is 5.03 Å². The van der Waals surface area contributed by atoms with Crippen molar-refractivity contribution in [3.05, 3.63) is 42.4 Å². The van der Waals surface area contributed by atoms with Gasteiger partial charge in [-0.05, 0) is 30.9 Å². The molecule has 0 atom stereocenters. The molecule has 1 aliphatic heterocycles. The number of amides is 1. The van der Waals surface area contributed by atoms with E-state index in [-0.39, 0.29) is 25.3 Å². The van der Waals surface area contributed by atoms with Gasteiger partial charge in [0.1, 0.15) is 5.52 Å². The highest BCUT2D eigenvalue weighted by Gasteiger charge is 2.33. The maximum atomic E-state index is 13.8. The maximum Gasteiger partial charge on any atom is 0.257 e. The van der Waals surface area contributed by atoms with Crippen LogP contribution in [0.1, 0.15) is 29.6 Å². The Labute approximate surface area is 170 Å². The van der Waals surface area contributed by atoms with Gasteiger partial charge in [-0.1, -0.05) is 0 Å². The zero-order valence-corrected chi connectivity index (χ0v) is 16.6. The molecule has 0 bridgehead atoms. The molecule has 1 saturated heterocycles. The number of hydrogen-bond acceptors (Lipinski definition) is 6. The van der Waals surface area contributed by atoms with Gasteiger partial charge in [-0.15, -0.1) is 11.8 Å². The molecule has 1 aromatic carbocycles. The molecule has 1 aliphatic rings. The first kappa shape index (κ1) is 19.6. The molecule has 3 aromatic rings. The van der Waals surface area contributed by atoms with E-state index in [9.17, 15) is 13.6 Å². The number of aromatic nitrogens is 2. The van der Waals surface area contributed by atoms with Gasteiger partial charge >= 0.3 is 0 Å². The largest absolute Gasteiger partial charge is 0.443 e. The minimum absolute atomic E-state index is 0.149. The number of alkyl halides is 2. The van der Waals surface area contributed by atoms with Crippen LogP contribution in [0.4, 0.5) is 20.2 Å². The molecule has 0 aliphatic carbocycles. The van der Waals surface area contributed by atoms with Crippen molar-refractivity contribution in [3.63, 3.8) is 0 Å². The monoisotopic (exact) mass is 418 g/mol. The third-order valence-electron chi connectivity index (χ3n) is 4.95. The van der Waals surface area contributed by atoms with Gasteiger partial charge in [0.05, 0.1) is 16.3 Å². The van der Waals surface area contributed by atoms with E-state index in [4.69, 9.17) is 4.42 Å². The Bertz CT molecular complexity index is 1040. The summed E-state index contributed by atoms with van der Waals surface area (Å²) in [6.45, 7) is 0.611. The van der Waals surface area contributed by atoms with E-state index in [1.165, 1.54) is 18.2 Å². The summed E-state index contributed by atoms with van der Waals surface area (Å²) in [4.78, 5) is 23.2. The van der Waals surface area contributed by atoms with Crippen LogP contribution in [-0.4, -0.2) is 41.1 Å². The summed E-state index contributed by atoms with van der Waals surface area (Å²) in [5, 5.41) is 3.66. The first-order valence-electron chi connectivity index (χ1n) is 9.27. The number of nitrogens with zero attached hydrogens (tertiary/aromatic N) is 3. The van der Waals surface area contributed by atoms with E-state index in [1.54, 1.807) is 30.5 Å². The third-order valence-corrected chi connectivity index (χ3v) is 5.60. The van der Waals surface area contributed by atoms with Gasteiger partial charge in [-0.3, -0.25) is 4.79 Å². The van der Waals surface area contributed by atoms with Crippen molar-refractivity contribution in [2.45, 2.75) is 30.2 Å². The summed E-state index contributed by atoms with van der Waals surface area (Å²) in [6.07, 6.45) is 4.79. The molecule has 0 radical (unpaired) electrons. The lowest BCUT2D eigenvalue weighted by Crippen LogP contribution is -2.28. The summed E-state index contributed by atoms with van der Waals surface area (Å²) in [5.74, 6) is -3.02. The third kappa shape index (κ3) is 4.34. The number of pyridine rings is 1. The Balaban J connectivity index is 1.68. The molecule has 2 aromatic heterocycles. The fourth-order valence-corrected chi connectivity index (χ4v) is 3.85. The minimum Gasteiger partial charge on any atom is -0.443 e. The fraction of sp³-hybridized carbons (Fsp3) is 0.350. The van der Waals surface area contributed by atoms with Crippen LogP contribution in [0, 0.1) is 0 Å². The first-order valence-corrected chi connectivity index (χ1v) is 10.5. The number of carbonyl (C=O) groups is 1. The van der Waals surface area contributed by atoms with Gasteiger partial charge in [0.25, 0.3) is 5.91 Å². The predicted octanol–water partition coefficient (Wildman–Crippen LogP) is 4.82. The summed E-state index contributed by atoms with van der Waals surface area (Å²) >= 11 is 1.47. The van der Waals surface area contributed by atoms with Crippen molar-refractivity contribution in [1.29, 1.82) is 0 Å². The van der Waals surface area contributed by atoms with Gasteiger partial charge < -0.3 is 14.6 Å². The molecule has 3 heterocycles. The molecule has 0 spiro atoms. The number of thioether (sulfide) groups is 1. The lowest BCUT2D eigenvalue weighted by molar-refractivity contribution is -0.0102. The van der Waals surface area contributed by atoms with Crippen LogP contribution < -0.4 is 10.2 Å². The van der Waals surface area contributed by atoms with Gasteiger partial charge in [-0.25, -0.2) is 18.7 Å². The van der Waals surface area contributed by atoms with Crippen LogP contribution in [0.15, 0.2) is 46.3 Å². The van der Waals surface area contributed by atoms with Crippen LogP contribution >= 0.6 is 11.8 Å². The molecule has 1 fully saturated rings. The van der Waals surface area contributed by atoms with Gasteiger partial charge in [0, 0.05) is 43.9 Å². The smallest absolute Gasteiger partial charge is 0.257 e. The molecule has 9 heteroatoms. The van der Waals surface area contributed by atoms with E-state index >= 15 is 0 Å². The molecule has 0 saturated carbocycles. The van der Waals surface area contributed by atoms with E-state index in [1.807, 2.05) is 11.2 Å². The topological polar surface area (TPSA) is 71.3 Å².